The molecule has 0 bridgehead atoms. The molecule has 0 unspecified atom stereocenters. The van der Waals surface area contributed by atoms with Crippen molar-refractivity contribution >= 4 is 5.91 Å². The summed E-state index contributed by atoms with van der Waals surface area (Å²) in [5, 5.41) is 6.67. The first-order valence-corrected chi connectivity index (χ1v) is 5.47. The van der Waals surface area contributed by atoms with Gasteiger partial charge in [0.05, 0.1) is 12.1 Å². The summed E-state index contributed by atoms with van der Waals surface area (Å²) in [4.78, 5) is 14.7. The van der Waals surface area contributed by atoms with Crippen molar-refractivity contribution in [2.75, 3.05) is 0 Å². The highest BCUT2D eigenvalue weighted by molar-refractivity contribution is 5.78. The van der Waals surface area contributed by atoms with E-state index in [9.17, 15) is 4.79 Å². The Morgan fingerprint density at radius 2 is 2.35 bits per heavy atom. The number of carbonyl (C=O) groups is 1. The fourth-order valence-electron chi connectivity index (χ4n) is 1.65. The van der Waals surface area contributed by atoms with Crippen molar-refractivity contribution in [2.45, 2.75) is 26.8 Å². The zero-order chi connectivity index (χ0) is 12.3. The first-order chi connectivity index (χ1) is 8.16. The smallest absolute Gasteiger partial charge is 0.224 e. The predicted octanol–water partition coefficient (Wildman–Crippen LogP) is 1.48. The summed E-state index contributed by atoms with van der Waals surface area (Å²) in [6.07, 6.45) is 4.00. The summed E-state index contributed by atoms with van der Waals surface area (Å²) in [6, 6.07) is 1.93. The highest BCUT2D eigenvalue weighted by Gasteiger charge is 2.12. The van der Waals surface area contributed by atoms with Crippen LogP contribution in [0.3, 0.4) is 0 Å². The molecule has 2 N–H and O–H groups in total. The van der Waals surface area contributed by atoms with Crippen molar-refractivity contribution in [1.29, 1.82) is 0 Å². The van der Waals surface area contributed by atoms with E-state index in [1.807, 2.05) is 32.3 Å². The fourth-order valence-corrected chi connectivity index (χ4v) is 1.65. The molecular weight excluding hydrogens is 218 g/mol. The maximum atomic E-state index is 11.7. The van der Waals surface area contributed by atoms with Gasteiger partial charge in [0.1, 0.15) is 5.76 Å². The zero-order valence-electron chi connectivity index (χ0n) is 9.91. The second-order valence-electron chi connectivity index (χ2n) is 3.98. The van der Waals surface area contributed by atoms with Gasteiger partial charge in [-0.1, -0.05) is 5.16 Å². The number of nitrogens with one attached hydrogen (secondary N) is 2. The van der Waals surface area contributed by atoms with Crippen molar-refractivity contribution in [3.8, 4) is 0 Å². The van der Waals surface area contributed by atoms with Crippen LogP contribution in [0.1, 0.15) is 22.6 Å². The molecule has 0 aliphatic heterocycles. The van der Waals surface area contributed by atoms with Crippen molar-refractivity contribution in [3.05, 3.63) is 41.0 Å². The molecule has 2 aromatic rings. The van der Waals surface area contributed by atoms with Gasteiger partial charge in [-0.25, -0.2) is 0 Å². The van der Waals surface area contributed by atoms with Crippen molar-refractivity contribution in [1.82, 2.24) is 15.5 Å². The molecule has 90 valence electrons. The molecule has 17 heavy (non-hydrogen) atoms. The number of carbonyl (C=O) groups excluding carboxylic acids is 1. The van der Waals surface area contributed by atoms with E-state index in [1.54, 1.807) is 0 Å². The summed E-state index contributed by atoms with van der Waals surface area (Å²) in [5.74, 6) is 0.680. The number of hydrogen-bond acceptors (Lipinski definition) is 3. The number of nitrogens with zero attached hydrogens (tertiary/aromatic N) is 1. The van der Waals surface area contributed by atoms with Crippen LogP contribution in [0, 0.1) is 13.8 Å². The molecule has 0 aromatic carbocycles. The van der Waals surface area contributed by atoms with Crippen LogP contribution < -0.4 is 5.32 Å². The molecule has 2 heterocycles. The number of aromatic nitrogens is 2. The molecule has 1 amide bonds. The second kappa shape index (κ2) is 4.86. The molecule has 5 nitrogen and oxygen atoms in total. The van der Waals surface area contributed by atoms with E-state index in [4.69, 9.17) is 4.52 Å². The molecule has 0 saturated heterocycles. The predicted molar refractivity (Wildman–Crippen MR) is 62.3 cm³/mol. The van der Waals surface area contributed by atoms with E-state index in [-0.39, 0.29) is 5.91 Å². The van der Waals surface area contributed by atoms with Gasteiger partial charge in [-0.3, -0.25) is 4.79 Å². The molecule has 2 aromatic heterocycles. The molecule has 0 radical (unpaired) electrons. The van der Waals surface area contributed by atoms with Gasteiger partial charge in [-0.2, -0.15) is 0 Å². The topological polar surface area (TPSA) is 70.9 Å². The highest BCUT2D eigenvalue weighted by atomic mass is 16.5. The zero-order valence-corrected chi connectivity index (χ0v) is 9.91. The third kappa shape index (κ3) is 2.75. The van der Waals surface area contributed by atoms with Gasteiger partial charge in [0, 0.05) is 24.5 Å². The lowest BCUT2D eigenvalue weighted by molar-refractivity contribution is -0.120. The van der Waals surface area contributed by atoms with Crippen LogP contribution in [0.2, 0.25) is 0 Å². The molecule has 5 heteroatoms. The van der Waals surface area contributed by atoms with Gasteiger partial charge in [-0.05, 0) is 25.5 Å². The third-order valence-corrected chi connectivity index (χ3v) is 2.67. The number of rotatable bonds is 4. The van der Waals surface area contributed by atoms with Crippen LogP contribution in [0.5, 0.6) is 0 Å². The summed E-state index contributed by atoms with van der Waals surface area (Å²) >= 11 is 0. The van der Waals surface area contributed by atoms with Crippen LogP contribution >= 0.6 is 0 Å². The van der Waals surface area contributed by atoms with Gasteiger partial charge in [0.25, 0.3) is 0 Å². The average Bonchev–Trinajstić information content (AvgIpc) is 2.91. The first-order valence-electron chi connectivity index (χ1n) is 5.47. The first kappa shape index (κ1) is 11.4. The number of H-pyrrole nitrogens is 1. The Balaban J connectivity index is 1.89. The Hall–Kier alpha value is -2.04. The Labute approximate surface area is 99.2 Å². The van der Waals surface area contributed by atoms with Crippen LogP contribution in [-0.2, 0) is 17.8 Å². The number of aryl methyl sites for hydroxylation is 2. The highest BCUT2D eigenvalue weighted by Crippen LogP contribution is 2.12. The number of aromatic amines is 1. The minimum Gasteiger partial charge on any atom is -0.367 e. The van der Waals surface area contributed by atoms with Crippen molar-refractivity contribution in [3.63, 3.8) is 0 Å². The Morgan fingerprint density at radius 1 is 1.53 bits per heavy atom. The van der Waals surface area contributed by atoms with Crippen LogP contribution in [0.4, 0.5) is 0 Å². The molecule has 0 aliphatic carbocycles. The lowest BCUT2D eigenvalue weighted by Gasteiger charge is -2.03. The standard InChI is InChI=1S/C12H15N3O2/c1-8-11(9(2)17-15-8)5-12(16)14-7-10-3-4-13-6-10/h3-4,6,13H,5,7H2,1-2H3,(H,14,16). The van der Waals surface area contributed by atoms with Gasteiger partial charge in [0.2, 0.25) is 5.91 Å². The van der Waals surface area contributed by atoms with Gasteiger partial charge >= 0.3 is 0 Å². The number of amides is 1. The fraction of sp³-hybridized carbons (Fsp3) is 0.333. The second-order valence-corrected chi connectivity index (χ2v) is 3.98. The summed E-state index contributed by atoms with van der Waals surface area (Å²) in [6.45, 7) is 4.19. The quantitative estimate of drug-likeness (QED) is 0.840. The third-order valence-electron chi connectivity index (χ3n) is 2.67. The molecular formula is C12H15N3O2. The van der Waals surface area contributed by atoms with E-state index in [0.29, 0.717) is 18.7 Å². The lowest BCUT2D eigenvalue weighted by Crippen LogP contribution is -2.24. The maximum Gasteiger partial charge on any atom is 0.224 e. The maximum absolute atomic E-state index is 11.7. The molecule has 0 atom stereocenters. The normalized spacial score (nSPS) is 10.5. The van der Waals surface area contributed by atoms with Gasteiger partial charge in [0.15, 0.2) is 0 Å². The minimum absolute atomic E-state index is 0.0272. The SMILES string of the molecule is Cc1noc(C)c1CC(=O)NCc1cc[nH]c1. The summed E-state index contributed by atoms with van der Waals surface area (Å²) in [5.41, 5.74) is 2.70. The van der Waals surface area contributed by atoms with E-state index in [2.05, 4.69) is 15.5 Å². The van der Waals surface area contributed by atoms with E-state index in [1.165, 1.54) is 0 Å². The Morgan fingerprint density at radius 3 is 2.94 bits per heavy atom. The van der Waals surface area contributed by atoms with Crippen LogP contribution in [-0.4, -0.2) is 16.0 Å². The molecule has 2 rings (SSSR count). The van der Waals surface area contributed by atoms with Crippen molar-refractivity contribution < 1.29 is 9.32 Å². The monoisotopic (exact) mass is 233 g/mol. The number of hydrogen-bond donors (Lipinski definition) is 2. The minimum atomic E-state index is -0.0272. The largest absolute Gasteiger partial charge is 0.367 e. The summed E-state index contributed by atoms with van der Waals surface area (Å²) in [7, 11) is 0. The Bertz CT molecular complexity index is 480. The van der Waals surface area contributed by atoms with Crippen LogP contribution in [0.25, 0.3) is 0 Å². The van der Waals surface area contributed by atoms with Gasteiger partial charge in [-0.15, -0.1) is 0 Å². The molecule has 0 saturated carbocycles. The molecule has 0 aliphatic rings. The van der Waals surface area contributed by atoms with Crippen molar-refractivity contribution in [2.24, 2.45) is 0 Å². The lowest BCUT2D eigenvalue weighted by atomic mass is 10.1. The van der Waals surface area contributed by atoms with E-state index < -0.39 is 0 Å². The Kier molecular flexibility index (Phi) is 3.27. The summed E-state index contributed by atoms with van der Waals surface area (Å²) < 4.78 is 5.01. The average molecular weight is 233 g/mol. The van der Waals surface area contributed by atoms with Crippen LogP contribution in [0.15, 0.2) is 23.0 Å². The molecule has 0 spiro atoms. The molecule has 0 fully saturated rings. The van der Waals surface area contributed by atoms with Gasteiger partial charge < -0.3 is 14.8 Å². The van der Waals surface area contributed by atoms with E-state index >= 15 is 0 Å². The van der Waals surface area contributed by atoms with E-state index in [0.717, 1.165) is 16.8 Å².